The number of ether oxygens (including phenoxy) is 2. The van der Waals surface area contributed by atoms with E-state index in [1.165, 1.54) is 23.3 Å². The molecule has 0 saturated heterocycles. The number of rotatable bonds is 7. The highest BCUT2D eigenvalue weighted by molar-refractivity contribution is 7.09. The molecule has 1 heterocycles. The molecular formula is C20H28ClN3O3S. The molecule has 1 amide bonds. The lowest BCUT2D eigenvalue weighted by molar-refractivity contribution is 0.0932. The van der Waals surface area contributed by atoms with Crippen molar-refractivity contribution in [3.63, 3.8) is 0 Å². The van der Waals surface area contributed by atoms with Crippen LogP contribution in [0.15, 0.2) is 23.6 Å². The smallest absolute Gasteiger partial charge is 0.270 e. The number of thiazole rings is 1. The van der Waals surface area contributed by atoms with E-state index in [2.05, 4.69) is 16.4 Å². The maximum Gasteiger partial charge on any atom is 0.270 e. The van der Waals surface area contributed by atoms with Gasteiger partial charge in [-0.05, 0) is 30.5 Å². The molecule has 2 aromatic rings. The molecule has 0 unspecified atom stereocenters. The monoisotopic (exact) mass is 425 g/mol. The van der Waals surface area contributed by atoms with Crippen molar-refractivity contribution in [3.8, 4) is 11.5 Å². The van der Waals surface area contributed by atoms with Crippen molar-refractivity contribution in [1.82, 2.24) is 10.3 Å². The Morgan fingerprint density at radius 3 is 2.54 bits per heavy atom. The molecule has 1 aromatic carbocycles. The average molecular weight is 426 g/mol. The van der Waals surface area contributed by atoms with Crippen LogP contribution in [0.25, 0.3) is 0 Å². The molecule has 0 aliphatic heterocycles. The Morgan fingerprint density at radius 2 is 1.93 bits per heavy atom. The van der Waals surface area contributed by atoms with Gasteiger partial charge in [-0.1, -0.05) is 25.3 Å². The van der Waals surface area contributed by atoms with E-state index in [1.807, 2.05) is 12.1 Å². The molecule has 28 heavy (non-hydrogen) atoms. The van der Waals surface area contributed by atoms with Gasteiger partial charge in [0.2, 0.25) is 0 Å². The van der Waals surface area contributed by atoms with Gasteiger partial charge in [-0.3, -0.25) is 4.79 Å². The molecular weight excluding hydrogens is 398 g/mol. The quantitative estimate of drug-likeness (QED) is 0.706. The van der Waals surface area contributed by atoms with E-state index < -0.39 is 0 Å². The summed E-state index contributed by atoms with van der Waals surface area (Å²) in [7, 11) is 3.28. The molecule has 0 bridgehead atoms. The van der Waals surface area contributed by atoms with Gasteiger partial charge in [-0.2, -0.15) is 0 Å². The fraction of sp³-hybridized carbons (Fsp3) is 0.500. The number of aromatic nitrogens is 1. The number of nitrogens with one attached hydrogen (secondary N) is 1. The minimum absolute atomic E-state index is 0. The Hall–Kier alpha value is -1.83. The Bertz CT molecular complexity index is 791. The normalized spacial score (nSPS) is 15.4. The van der Waals surface area contributed by atoms with Gasteiger partial charge < -0.3 is 20.5 Å². The molecule has 1 saturated carbocycles. The average Bonchev–Trinajstić information content (AvgIpc) is 3.21. The summed E-state index contributed by atoms with van der Waals surface area (Å²) in [4.78, 5) is 16.8. The van der Waals surface area contributed by atoms with Crippen LogP contribution < -0.4 is 20.5 Å². The van der Waals surface area contributed by atoms with E-state index in [-0.39, 0.29) is 23.7 Å². The number of nitrogens with two attached hydrogens (primary N) is 1. The first-order valence-electron chi connectivity index (χ1n) is 9.27. The van der Waals surface area contributed by atoms with Crippen molar-refractivity contribution in [2.24, 2.45) is 5.73 Å². The fourth-order valence-electron chi connectivity index (χ4n) is 3.81. The van der Waals surface area contributed by atoms with Crippen LogP contribution in [-0.2, 0) is 12.0 Å². The van der Waals surface area contributed by atoms with Crippen LogP contribution in [0.5, 0.6) is 11.5 Å². The topological polar surface area (TPSA) is 86.5 Å². The Kier molecular flexibility index (Phi) is 8.10. The first-order chi connectivity index (χ1) is 13.1. The lowest BCUT2D eigenvalue weighted by Crippen LogP contribution is -2.42. The standard InChI is InChI=1S/C20H27N3O3S.ClH/c1-25-16-7-6-14(10-17(16)26-2)20(8-4-3-5-9-20)13-22-19(24)15-12-27-18(11-21)23-15;/h6-7,10,12H,3-5,8-9,11,13,21H2,1-2H3,(H,22,24);1H. The Morgan fingerprint density at radius 1 is 1.21 bits per heavy atom. The predicted molar refractivity (Wildman–Crippen MR) is 114 cm³/mol. The number of amides is 1. The predicted octanol–water partition coefficient (Wildman–Crippen LogP) is 3.67. The van der Waals surface area contributed by atoms with Crippen LogP contribution in [0.3, 0.4) is 0 Å². The number of hydrogen-bond acceptors (Lipinski definition) is 6. The first-order valence-corrected chi connectivity index (χ1v) is 10.1. The van der Waals surface area contributed by atoms with E-state index in [1.54, 1.807) is 19.6 Å². The van der Waals surface area contributed by atoms with E-state index in [4.69, 9.17) is 15.2 Å². The number of methoxy groups -OCH3 is 2. The van der Waals surface area contributed by atoms with Gasteiger partial charge >= 0.3 is 0 Å². The number of nitrogens with zero attached hydrogens (tertiary/aromatic N) is 1. The zero-order valence-corrected chi connectivity index (χ0v) is 18.0. The van der Waals surface area contributed by atoms with Gasteiger partial charge in [0, 0.05) is 23.9 Å². The largest absolute Gasteiger partial charge is 0.493 e. The summed E-state index contributed by atoms with van der Waals surface area (Å²) in [5, 5.41) is 5.64. The number of benzene rings is 1. The fourth-order valence-corrected chi connectivity index (χ4v) is 4.47. The van der Waals surface area contributed by atoms with Crippen LogP contribution in [0.4, 0.5) is 0 Å². The molecule has 1 aliphatic rings. The third kappa shape index (κ3) is 4.77. The van der Waals surface area contributed by atoms with Gasteiger partial charge in [-0.25, -0.2) is 4.98 Å². The molecule has 1 fully saturated rings. The SMILES string of the molecule is COc1ccc(C2(CNC(=O)c3csc(CN)n3)CCCCC2)cc1OC.Cl. The van der Waals surface area contributed by atoms with Crippen molar-refractivity contribution in [2.45, 2.75) is 44.1 Å². The lowest BCUT2D eigenvalue weighted by Gasteiger charge is -2.38. The van der Waals surface area contributed by atoms with E-state index >= 15 is 0 Å². The number of halogens is 1. The minimum atomic E-state index is -0.142. The summed E-state index contributed by atoms with van der Waals surface area (Å²) in [6, 6.07) is 6.08. The second-order valence-corrected chi connectivity index (χ2v) is 7.87. The van der Waals surface area contributed by atoms with Crippen molar-refractivity contribution >= 4 is 29.7 Å². The number of hydrogen-bond donors (Lipinski definition) is 2. The maximum absolute atomic E-state index is 12.6. The summed E-state index contributed by atoms with van der Waals surface area (Å²) in [6.45, 7) is 0.935. The highest BCUT2D eigenvalue weighted by Gasteiger charge is 2.35. The van der Waals surface area contributed by atoms with Gasteiger partial charge in [-0.15, -0.1) is 23.7 Å². The number of carbonyl (C=O) groups excluding carboxylic acids is 1. The summed E-state index contributed by atoms with van der Waals surface area (Å²) in [6.07, 6.45) is 5.60. The van der Waals surface area contributed by atoms with Crippen molar-refractivity contribution in [2.75, 3.05) is 20.8 Å². The van der Waals surface area contributed by atoms with Crippen molar-refractivity contribution in [3.05, 3.63) is 39.8 Å². The van der Waals surface area contributed by atoms with Gasteiger partial charge in [0.05, 0.1) is 14.2 Å². The lowest BCUT2D eigenvalue weighted by atomic mass is 9.69. The summed E-state index contributed by atoms with van der Waals surface area (Å²) >= 11 is 1.42. The molecule has 3 rings (SSSR count). The van der Waals surface area contributed by atoms with Crippen LogP contribution in [-0.4, -0.2) is 31.7 Å². The Labute approximate surface area is 176 Å². The molecule has 0 atom stereocenters. The first kappa shape index (κ1) is 22.5. The highest BCUT2D eigenvalue weighted by Crippen LogP contribution is 2.42. The molecule has 0 radical (unpaired) electrons. The highest BCUT2D eigenvalue weighted by atomic mass is 35.5. The van der Waals surface area contributed by atoms with Crippen molar-refractivity contribution in [1.29, 1.82) is 0 Å². The van der Waals surface area contributed by atoms with E-state index in [0.29, 0.717) is 24.5 Å². The van der Waals surface area contributed by atoms with Crippen LogP contribution in [0, 0.1) is 0 Å². The van der Waals surface area contributed by atoms with Gasteiger partial charge in [0.25, 0.3) is 5.91 Å². The second-order valence-electron chi connectivity index (χ2n) is 6.92. The van der Waals surface area contributed by atoms with Gasteiger partial charge in [0.1, 0.15) is 10.7 Å². The molecule has 6 nitrogen and oxygen atoms in total. The molecule has 1 aliphatic carbocycles. The van der Waals surface area contributed by atoms with E-state index in [0.717, 1.165) is 36.4 Å². The maximum atomic E-state index is 12.6. The van der Waals surface area contributed by atoms with Gasteiger partial charge in [0.15, 0.2) is 11.5 Å². The third-order valence-corrected chi connectivity index (χ3v) is 6.22. The van der Waals surface area contributed by atoms with Crippen molar-refractivity contribution < 1.29 is 14.3 Å². The second kappa shape index (κ2) is 10.1. The van der Waals surface area contributed by atoms with Crippen LogP contribution >= 0.6 is 23.7 Å². The summed E-state index contributed by atoms with van der Waals surface area (Å²) in [5.74, 6) is 1.29. The molecule has 154 valence electrons. The van der Waals surface area contributed by atoms with Crippen LogP contribution in [0.1, 0.15) is 53.2 Å². The molecule has 3 N–H and O–H groups in total. The zero-order valence-electron chi connectivity index (χ0n) is 16.3. The summed E-state index contributed by atoms with van der Waals surface area (Å²) in [5.41, 5.74) is 7.12. The summed E-state index contributed by atoms with van der Waals surface area (Å²) < 4.78 is 10.9. The molecule has 8 heteroatoms. The number of carbonyl (C=O) groups is 1. The molecule has 0 spiro atoms. The molecule has 1 aromatic heterocycles. The van der Waals surface area contributed by atoms with E-state index in [9.17, 15) is 4.79 Å². The zero-order chi connectivity index (χ0) is 19.3. The minimum Gasteiger partial charge on any atom is -0.493 e. The van der Waals surface area contributed by atoms with Crippen LogP contribution in [0.2, 0.25) is 0 Å². The Balaban J connectivity index is 0.00000280. The third-order valence-electron chi connectivity index (χ3n) is 5.35.